The van der Waals surface area contributed by atoms with Crippen LogP contribution in [0.3, 0.4) is 0 Å². The Labute approximate surface area is 137 Å². The predicted octanol–water partition coefficient (Wildman–Crippen LogP) is 4.82. The maximum absolute atomic E-state index is 12.0. The van der Waals surface area contributed by atoms with Gasteiger partial charge in [-0.05, 0) is 61.0 Å². The Balaban J connectivity index is 2.09. The van der Waals surface area contributed by atoms with Gasteiger partial charge in [-0.2, -0.15) is 0 Å². The molecule has 0 aliphatic carbocycles. The van der Waals surface area contributed by atoms with E-state index < -0.39 is 0 Å². The number of halogens is 1. The number of rotatable bonds is 5. The number of benzene rings is 1. The lowest BCUT2D eigenvalue weighted by Gasteiger charge is -2.15. The largest absolute Gasteiger partial charge is 0.378 e. The third-order valence-electron chi connectivity index (χ3n) is 2.94. The Bertz CT molecular complexity index is 624. The van der Waals surface area contributed by atoms with Gasteiger partial charge < -0.3 is 10.6 Å². The number of amides is 1. The average Bonchev–Trinajstić information content (AvgIpc) is 2.85. The van der Waals surface area contributed by atoms with E-state index in [0.29, 0.717) is 5.56 Å². The van der Waals surface area contributed by atoms with E-state index in [2.05, 4.69) is 44.9 Å². The molecule has 1 amide bonds. The summed E-state index contributed by atoms with van der Waals surface area (Å²) in [6.07, 6.45) is 0. The van der Waals surface area contributed by atoms with Crippen LogP contribution >= 0.6 is 27.3 Å². The van der Waals surface area contributed by atoms with Gasteiger partial charge in [0.05, 0.1) is 6.04 Å². The average molecular weight is 367 g/mol. The second kappa shape index (κ2) is 7.09. The lowest BCUT2D eigenvalue weighted by molar-refractivity contribution is 0.0943. The molecule has 21 heavy (non-hydrogen) atoms. The molecule has 112 valence electrons. The third-order valence-corrected chi connectivity index (χ3v) is 4.82. The predicted molar refractivity (Wildman–Crippen MR) is 93.1 cm³/mol. The summed E-state index contributed by atoms with van der Waals surface area (Å²) in [7, 11) is 0. The molecule has 0 aliphatic heterocycles. The van der Waals surface area contributed by atoms with Gasteiger partial charge in [0.15, 0.2) is 0 Å². The normalized spacial score (nSPS) is 12.2. The van der Waals surface area contributed by atoms with E-state index in [1.54, 1.807) is 11.3 Å². The molecule has 1 aromatic carbocycles. The van der Waals surface area contributed by atoms with E-state index in [1.165, 1.54) is 4.88 Å². The van der Waals surface area contributed by atoms with Crippen LogP contribution in [-0.2, 0) is 0 Å². The van der Waals surface area contributed by atoms with Crippen molar-refractivity contribution in [3.05, 3.63) is 50.6 Å². The minimum absolute atomic E-state index is 0.0415. The Hall–Kier alpha value is -1.33. The van der Waals surface area contributed by atoms with Crippen LogP contribution < -0.4 is 10.6 Å². The molecule has 0 spiro atoms. The fourth-order valence-corrected chi connectivity index (χ4v) is 3.43. The maximum Gasteiger partial charge on any atom is 0.251 e. The summed E-state index contributed by atoms with van der Waals surface area (Å²) < 4.78 is 1.10. The number of carbonyl (C=O) groups excluding carboxylic acids is 1. The molecular weight excluding hydrogens is 348 g/mol. The number of carbonyl (C=O) groups is 1. The van der Waals surface area contributed by atoms with E-state index in [4.69, 9.17) is 0 Å². The molecule has 0 saturated carbocycles. The zero-order valence-electron chi connectivity index (χ0n) is 12.3. The highest BCUT2D eigenvalue weighted by molar-refractivity contribution is 9.10. The van der Waals surface area contributed by atoms with Crippen LogP contribution in [0.1, 0.15) is 42.0 Å². The molecule has 1 heterocycles. The van der Waals surface area contributed by atoms with Gasteiger partial charge in [-0.3, -0.25) is 4.79 Å². The topological polar surface area (TPSA) is 41.1 Å². The summed E-state index contributed by atoms with van der Waals surface area (Å²) in [6.45, 7) is 6.02. The monoisotopic (exact) mass is 366 g/mol. The first-order chi connectivity index (χ1) is 9.95. The van der Waals surface area contributed by atoms with Gasteiger partial charge in [-0.1, -0.05) is 6.07 Å². The molecule has 2 aromatic rings. The first-order valence-corrected chi connectivity index (χ1v) is 8.54. The van der Waals surface area contributed by atoms with Crippen LogP contribution in [0.2, 0.25) is 0 Å². The fraction of sp³-hybridized carbons (Fsp3) is 0.312. The standard InChI is InChI=1S/C16H19BrN2OS/c1-10(2)18-16(20)12-5-4-6-14(7-12)19-11(3)15-8-13(17)9-21-15/h4-11,19H,1-3H3,(H,18,20). The van der Waals surface area contributed by atoms with Gasteiger partial charge in [-0.15, -0.1) is 11.3 Å². The van der Waals surface area contributed by atoms with Crippen molar-refractivity contribution in [3.8, 4) is 0 Å². The zero-order chi connectivity index (χ0) is 15.4. The lowest BCUT2D eigenvalue weighted by Crippen LogP contribution is -2.30. The van der Waals surface area contributed by atoms with E-state index >= 15 is 0 Å². The molecule has 0 bridgehead atoms. The minimum Gasteiger partial charge on any atom is -0.378 e. The number of anilines is 1. The molecule has 0 aliphatic rings. The fourth-order valence-electron chi connectivity index (χ4n) is 1.97. The molecule has 3 nitrogen and oxygen atoms in total. The van der Waals surface area contributed by atoms with Crippen LogP contribution in [0.5, 0.6) is 0 Å². The summed E-state index contributed by atoms with van der Waals surface area (Å²) in [5.74, 6) is -0.0415. The van der Waals surface area contributed by atoms with Crippen LogP contribution in [0.15, 0.2) is 40.2 Å². The Morgan fingerprint density at radius 1 is 1.24 bits per heavy atom. The van der Waals surface area contributed by atoms with Gasteiger partial charge in [0.1, 0.15) is 0 Å². The second-order valence-electron chi connectivity index (χ2n) is 5.24. The van der Waals surface area contributed by atoms with Crippen LogP contribution in [0.25, 0.3) is 0 Å². The molecule has 5 heteroatoms. The molecule has 1 atom stereocenters. The minimum atomic E-state index is -0.0415. The van der Waals surface area contributed by atoms with E-state index in [1.807, 2.05) is 38.1 Å². The van der Waals surface area contributed by atoms with Gasteiger partial charge in [0.25, 0.3) is 5.91 Å². The van der Waals surface area contributed by atoms with Crippen LogP contribution in [0.4, 0.5) is 5.69 Å². The first kappa shape index (κ1) is 16.0. The summed E-state index contributed by atoms with van der Waals surface area (Å²) in [6, 6.07) is 10.0. The summed E-state index contributed by atoms with van der Waals surface area (Å²) in [4.78, 5) is 13.3. The second-order valence-corrected chi connectivity index (χ2v) is 7.10. The molecule has 2 N–H and O–H groups in total. The number of thiophene rings is 1. The zero-order valence-corrected chi connectivity index (χ0v) is 14.7. The van der Waals surface area contributed by atoms with Crippen molar-refractivity contribution in [2.75, 3.05) is 5.32 Å². The van der Waals surface area contributed by atoms with Crippen molar-refractivity contribution in [3.63, 3.8) is 0 Å². The van der Waals surface area contributed by atoms with Crippen LogP contribution in [-0.4, -0.2) is 11.9 Å². The highest BCUT2D eigenvalue weighted by atomic mass is 79.9. The molecule has 0 fully saturated rings. The number of hydrogen-bond acceptors (Lipinski definition) is 3. The van der Waals surface area contributed by atoms with Crippen molar-refractivity contribution in [2.45, 2.75) is 32.9 Å². The third kappa shape index (κ3) is 4.58. The van der Waals surface area contributed by atoms with Gasteiger partial charge >= 0.3 is 0 Å². The van der Waals surface area contributed by atoms with Crippen molar-refractivity contribution in [2.24, 2.45) is 0 Å². The van der Waals surface area contributed by atoms with Crippen molar-refractivity contribution < 1.29 is 4.79 Å². The molecular formula is C16H19BrN2OS. The highest BCUT2D eigenvalue weighted by Crippen LogP contribution is 2.28. The molecule has 1 aromatic heterocycles. The number of nitrogens with one attached hydrogen (secondary N) is 2. The van der Waals surface area contributed by atoms with E-state index in [-0.39, 0.29) is 18.0 Å². The summed E-state index contributed by atoms with van der Waals surface area (Å²) in [5, 5.41) is 8.40. The van der Waals surface area contributed by atoms with Gasteiger partial charge in [-0.25, -0.2) is 0 Å². The highest BCUT2D eigenvalue weighted by Gasteiger charge is 2.10. The van der Waals surface area contributed by atoms with Crippen LogP contribution in [0, 0.1) is 0 Å². The SMILES string of the molecule is CC(C)NC(=O)c1cccc(NC(C)c2cc(Br)cs2)c1. The van der Waals surface area contributed by atoms with Gasteiger partial charge in [0.2, 0.25) is 0 Å². The smallest absolute Gasteiger partial charge is 0.251 e. The van der Waals surface area contributed by atoms with Crippen molar-refractivity contribution >= 4 is 38.9 Å². The number of hydrogen-bond donors (Lipinski definition) is 2. The summed E-state index contributed by atoms with van der Waals surface area (Å²) in [5.41, 5.74) is 1.62. The van der Waals surface area contributed by atoms with Crippen molar-refractivity contribution in [1.29, 1.82) is 0 Å². The van der Waals surface area contributed by atoms with Crippen molar-refractivity contribution in [1.82, 2.24) is 5.32 Å². The first-order valence-electron chi connectivity index (χ1n) is 6.87. The quantitative estimate of drug-likeness (QED) is 0.795. The molecule has 1 unspecified atom stereocenters. The molecule has 2 rings (SSSR count). The molecule has 0 radical (unpaired) electrons. The molecule has 0 saturated heterocycles. The maximum atomic E-state index is 12.0. The Morgan fingerprint density at radius 2 is 2.00 bits per heavy atom. The van der Waals surface area contributed by atoms with E-state index in [0.717, 1.165) is 10.2 Å². The lowest BCUT2D eigenvalue weighted by atomic mass is 10.1. The van der Waals surface area contributed by atoms with Gasteiger partial charge in [0, 0.05) is 32.0 Å². The van der Waals surface area contributed by atoms with E-state index in [9.17, 15) is 4.79 Å². The summed E-state index contributed by atoms with van der Waals surface area (Å²) >= 11 is 5.18. The Morgan fingerprint density at radius 3 is 2.62 bits per heavy atom. The Kier molecular flexibility index (Phi) is 5.42.